The van der Waals surface area contributed by atoms with Crippen LogP contribution in [-0.4, -0.2) is 47.0 Å². The standard InChI is InChI=1S/C33H35F3N4O/c1-2-28-29(26-12-6-13-27(23-26)33(34,35)36)16-15-25(31(28)24-9-4-3-5-10-24)11-7-14-30(41)39-19-21-40(22-20-39)32-37-17-8-18-38-32/h3-6,8-10,12-13,16-18,23,25H,2,7,11,14-15,19-22H2,1H3. The maximum Gasteiger partial charge on any atom is 0.416 e. The van der Waals surface area contributed by atoms with Gasteiger partial charge in [0, 0.05) is 45.0 Å². The minimum atomic E-state index is -4.39. The molecule has 0 spiro atoms. The van der Waals surface area contributed by atoms with Crippen LogP contribution in [0.2, 0.25) is 0 Å². The summed E-state index contributed by atoms with van der Waals surface area (Å²) >= 11 is 0. The monoisotopic (exact) mass is 560 g/mol. The number of hydrogen-bond acceptors (Lipinski definition) is 4. The second-order valence-corrected chi connectivity index (χ2v) is 10.5. The van der Waals surface area contributed by atoms with Crippen molar-refractivity contribution in [1.82, 2.24) is 14.9 Å². The number of halogens is 3. The molecule has 0 radical (unpaired) electrons. The average Bonchev–Trinajstić information content (AvgIpc) is 3.01. The molecule has 0 saturated carbocycles. The number of nitrogens with zero attached hydrogens (tertiary/aromatic N) is 4. The van der Waals surface area contributed by atoms with Crippen molar-refractivity contribution < 1.29 is 18.0 Å². The Hall–Kier alpha value is -3.94. The molecular weight excluding hydrogens is 525 g/mol. The molecule has 1 aromatic heterocycles. The van der Waals surface area contributed by atoms with Crippen LogP contribution < -0.4 is 4.90 Å². The first-order valence-electron chi connectivity index (χ1n) is 14.3. The molecule has 41 heavy (non-hydrogen) atoms. The van der Waals surface area contributed by atoms with Gasteiger partial charge in [-0.2, -0.15) is 13.2 Å². The molecule has 1 aliphatic carbocycles. The van der Waals surface area contributed by atoms with Gasteiger partial charge in [-0.25, -0.2) is 9.97 Å². The van der Waals surface area contributed by atoms with Crippen molar-refractivity contribution in [2.24, 2.45) is 5.92 Å². The van der Waals surface area contributed by atoms with E-state index >= 15 is 0 Å². The highest BCUT2D eigenvalue weighted by Gasteiger charge is 2.32. The highest BCUT2D eigenvalue weighted by Crippen LogP contribution is 2.44. The van der Waals surface area contributed by atoms with Gasteiger partial charge < -0.3 is 9.80 Å². The van der Waals surface area contributed by atoms with Crippen LogP contribution in [0.25, 0.3) is 11.1 Å². The van der Waals surface area contributed by atoms with E-state index in [1.807, 2.05) is 23.1 Å². The summed E-state index contributed by atoms with van der Waals surface area (Å²) in [4.78, 5) is 25.7. The summed E-state index contributed by atoms with van der Waals surface area (Å²) in [6, 6.07) is 17.5. The Labute approximate surface area is 239 Å². The molecule has 1 unspecified atom stereocenters. The number of rotatable bonds is 8. The molecule has 8 heteroatoms. The zero-order chi connectivity index (χ0) is 28.8. The maximum absolute atomic E-state index is 13.5. The second kappa shape index (κ2) is 12.7. The summed E-state index contributed by atoms with van der Waals surface area (Å²) in [6.45, 7) is 4.79. The molecule has 5 rings (SSSR count). The molecule has 1 saturated heterocycles. The molecule has 3 aromatic rings. The molecule has 2 heterocycles. The molecule has 1 aliphatic heterocycles. The molecule has 214 valence electrons. The van der Waals surface area contributed by atoms with Crippen molar-refractivity contribution in [3.8, 4) is 0 Å². The van der Waals surface area contributed by atoms with Crippen molar-refractivity contribution in [3.63, 3.8) is 0 Å². The van der Waals surface area contributed by atoms with Crippen LogP contribution in [-0.2, 0) is 11.0 Å². The van der Waals surface area contributed by atoms with Gasteiger partial charge in [0.2, 0.25) is 11.9 Å². The van der Waals surface area contributed by atoms with Crippen molar-refractivity contribution in [2.75, 3.05) is 31.1 Å². The lowest BCUT2D eigenvalue weighted by Crippen LogP contribution is -2.49. The summed E-state index contributed by atoms with van der Waals surface area (Å²) in [7, 11) is 0. The Bertz CT molecular complexity index is 1390. The van der Waals surface area contributed by atoms with Crippen LogP contribution in [0, 0.1) is 5.92 Å². The van der Waals surface area contributed by atoms with Gasteiger partial charge in [-0.1, -0.05) is 55.5 Å². The average molecular weight is 561 g/mol. The van der Waals surface area contributed by atoms with Crippen LogP contribution in [0.15, 0.2) is 84.7 Å². The van der Waals surface area contributed by atoms with Crippen molar-refractivity contribution in [3.05, 3.63) is 101 Å². The molecule has 2 aliphatic rings. The van der Waals surface area contributed by atoms with Crippen molar-refractivity contribution in [1.29, 1.82) is 0 Å². The van der Waals surface area contributed by atoms with E-state index in [9.17, 15) is 18.0 Å². The fraction of sp³-hybridized carbons (Fsp3) is 0.364. The third-order valence-electron chi connectivity index (χ3n) is 8.01. The first kappa shape index (κ1) is 28.6. The van der Waals surface area contributed by atoms with Gasteiger partial charge in [-0.05, 0) is 77.6 Å². The third-order valence-corrected chi connectivity index (χ3v) is 8.01. The van der Waals surface area contributed by atoms with Crippen molar-refractivity contribution in [2.45, 2.75) is 45.2 Å². The molecule has 0 bridgehead atoms. The van der Waals surface area contributed by atoms with Gasteiger partial charge in [-0.3, -0.25) is 4.79 Å². The second-order valence-electron chi connectivity index (χ2n) is 10.5. The van der Waals surface area contributed by atoms with E-state index in [-0.39, 0.29) is 11.8 Å². The highest BCUT2D eigenvalue weighted by molar-refractivity contribution is 5.92. The normalized spacial score (nSPS) is 18.0. The number of aromatic nitrogens is 2. The fourth-order valence-corrected chi connectivity index (χ4v) is 5.99. The van der Waals surface area contributed by atoms with Gasteiger partial charge in [0.15, 0.2) is 0 Å². The van der Waals surface area contributed by atoms with Gasteiger partial charge in [0.05, 0.1) is 5.56 Å². The Morgan fingerprint density at radius 2 is 1.63 bits per heavy atom. The largest absolute Gasteiger partial charge is 0.416 e. The molecule has 0 N–H and O–H groups in total. The maximum atomic E-state index is 13.5. The number of piperazine rings is 1. The number of allylic oxidation sites excluding steroid dienone is 4. The van der Waals surface area contributed by atoms with E-state index in [0.717, 1.165) is 42.0 Å². The van der Waals surface area contributed by atoms with Crippen molar-refractivity contribution >= 4 is 23.0 Å². The molecular formula is C33H35F3N4O. The lowest BCUT2D eigenvalue weighted by Gasteiger charge is -2.35. The number of hydrogen-bond donors (Lipinski definition) is 0. The zero-order valence-electron chi connectivity index (χ0n) is 23.3. The molecule has 2 aromatic carbocycles. The summed E-state index contributed by atoms with van der Waals surface area (Å²) in [6.07, 6.45) is 4.66. The zero-order valence-corrected chi connectivity index (χ0v) is 23.3. The lowest BCUT2D eigenvalue weighted by atomic mass is 9.75. The van der Waals surface area contributed by atoms with Crippen LogP contribution in [0.5, 0.6) is 0 Å². The lowest BCUT2D eigenvalue weighted by molar-refractivity contribution is -0.137. The fourth-order valence-electron chi connectivity index (χ4n) is 5.99. The Morgan fingerprint density at radius 3 is 2.32 bits per heavy atom. The Morgan fingerprint density at radius 1 is 0.927 bits per heavy atom. The van der Waals surface area contributed by atoms with E-state index in [1.165, 1.54) is 17.7 Å². The van der Waals surface area contributed by atoms with Crippen LogP contribution in [0.3, 0.4) is 0 Å². The predicted molar refractivity (Wildman–Crippen MR) is 156 cm³/mol. The molecule has 1 fully saturated rings. The number of anilines is 1. The minimum Gasteiger partial charge on any atom is -0.339 e. The summed E-state index contributed by atoms with van der Waals surface area (Å²) < 4.78 is 40.5. The number of alkyl halides is 3. The third kappa shape index (κ3) is 6.69. The summed E-state index contributed by atoms with van der Waals surface area (Å²) in [5.41, 5.74) is 4.20. The van der Waals surface area contributed by atoms with E-state index in [1.54, 1.807) is 24.5 Å². The number of benzene rings is 2. The first-order valence-corrected chi connectivity index (χ1v) is 14.3. The number of carbonyl (C=O) groups excluding carboxylic acids is 1. The van der Waals surface area contributed by atoms with Gasteiger partial charge in [0.25, 0.3) is 0 Å². The van der Waals surface area contributed by atoms with Gasteiger partial charge in [-0.15, -0.1) is 0 Å². The Kier molecular flexibility index (Phi) is 8.86. The number of amides is 1. The SMILES string of the molecule is CCC1=C(c2ccccc2)C(CCCC(=O)N2CCN(c3ncccn3)CC2)CC=C1c1cccc(C(F)(F)F)c1. The summed E-state index contributed by atoms with van der Waals surface area (Å²) in [5, 5.41) is 0. The predicted octanol–water partition coefficient (Wildman–Crippen LogP) is 7.28. The molecule has 5 nitrogen and oxygen atoms in total. The van der Waals surface area contributed by atoms with E-state index in [2.05, 4.69) is 40.0 Å². The smallest absolute Gasteiger partial charge is 0.339 e. The summed E-state index contributed by atoms with van der Waals surface area (Å²) in [5.74, 6) is 1.05. The van der Waals surface area contributed by atoms with Crippen LogP contribution in [0.1, 0.15) is 55.7 Å². The highest BCUT2D eigenvalue weighted by atomic mass is 19.4. The molecule has 1 atom stereocenters. The van der Waals surface area contributed by atoms with Crippen LogP contribution in [0.4, 0.5) is 19.1 Å². The number of carbonyl (C=O) groups is 1. The van der Waals surface area contributed by atoms with E-state index < -0.39 is 11.7 Å². The van der Waals surface area contributed by atoms with Crippen LogP contribution >= 0.6 is 0 Å². The van der Waals surface area contributed by atoms with Gasteiger partial charge in [0.1, 0.15) is 0 Å². The Balaban J connectivity index is 1.28. The minimum absolute atomic E-state index is 0.163. The van der Waals surface area contributed by atoms with E-state index in [4.69, 9.17) is 0 Å². The molecule has 1 amide bonds. The first-order chi connectivity index (χ1) is 19.8. The van der Waals surface area contributed by atoms with E-state index in [0.29, 0.717) is 50.5 Å². The topological polar surface area (TPSA) is 49.3 Å². The quantitative estimate of drug-likeness (QED) is 0.291. The van der Waals surface area contributed by atoms with Gasteiger partial charge >= 0.3 is 6.18 Å².